The number of aromatic nitrogens is 3. The average molecular weight is 447 g/mol. The SMILES string of the molecule is Cc1nn(C)c(C)c1-c1ccc(Cc2cc(C(=O)N[C@@H]3CC[C@H]3O)nc3ccsc23)cc1. The molecule has 5 rings (SSSR count). The van der Waals surface area contributed by atoms with Crippen molar-refractivity contribution in [2.24, 2.45) is 7.05 Å². The number of amides is 1. The summed E-state index contributed by atoms with van der Waals surface area (Å²) in [7, 11) is 1.97. The fourth-order valence-corrected chi connectivity index (χ4v) is 5.21. The van der Waals surface area contributed by atoms with E-state index in [0.717, 1.165) is 52.0 Å². The Labute approximate surface area is 190 Å². The number of thiophene rings is 1. The number of hydrogen-bond donors (Lipinski definition) is 2. The molecular formula is C25H26N4O2S. The summed E-state index contributed by atoms with van der Waals surface area (Å²) >= 11 is 1.65. The third kappa shape index (κ3) is 3.72. The van der Waals surface area contributed by atoms with Crippen molar-refractivity contribution in [2.75, 3.05) is 0 Å². The molecular weight excluding hydrogens is 420 g/mol. The number of pyridine rings is 1. The predicted octanol–water partition coefficient (Wildman–Crippen LogP) is 4.16. The molecule has 0 radical (unpaired) electrons. The molecule has 0 spiro atoms. The van der Waals surface area contributed by atoms with E-state index in [4.69, 9.17) is 0 Å². The molecule has 0 bridgehead atoms. The Morgan fingerprint density at radius 2 is 2.00 bits per heavy atom. The molecule has 0 unspecified atom stereocenters. The van der Waals surface area contributed by atoms with Gasteiger partial charge in [0.2, 0.25) is 0 Å². The lowest BCUT2D eigenvalue weighted by atomic mass is 9.89. The van der Waals surface area contributed by atoms with Crippen LogP contribution >= 0.6 is 11.3 Å². The molecule has 164 valence electrons. The van der Waals surface area contributed by atoms with Gasteiger partial charge in [0.1, 0.15) is 5.69 Å². The number of aryl methyl sites for hydroxylation is 2. The highest BCUT2D eigenvalue weighted by Crippen LogP contribution is 2.30. The van der Waals surface area contributed by atoms with E-state index in [0.29, 0.717) is 5.69 Å². The molecule has 1 amide bonds. The molecule has 1 fully saturated rings. The Hall–Kier alpha value is -3.03. The molecule has 0 saturated heterocycles. The highest BCUT2D eigenvalue weighted by Gasteiger charge is 2.30. The number of nitrogens with zero attached hydrogens (tertiary/aromatic N) is 3. The smallest absolute Gasteiger partial charge is 0.270 e. The number of aliphatic hydroxyl groups is 1. The summed E-state index contributed by atoms with van der Waals surface area (Å²) in [6.07, 6.45) is 1.81. The molecule has 1 aromatic carbocycles. The van der Waals surface area contributed by atoms with E-state index in [1.54, 1.807) is 11.3 Å². The Morgan fingerprint density at radius 1 is 1.22 bits per heavy atom. The van der Waals surface area contributed by atoms with Crippen molar-refractivity contribution in [3.8, 4) is 11.1 Å². The molecule has 2 atom stereocenters. The summed E-state index contributed by atoms with van der Waals surface area (Å²) in [6.45, 7) is 4.12. The second kappa shape index (κ2) is 8.15. The number of aliphatic hydroxyl groups excluding tert-OH is 1. The van der Waals surface area contributed by atoms with E-state index in [2.05, 4.69) is 46.6 Å². The predicted molar refractivity (Wildman–Crippen MR) is 127 cm³/mol. The van der Waals surface area contributed by atoms with E-state index in [1.807, 2.05) is 36.2 Å². The topological polar surface area (TPSA) is 80.0 Å². The molecule has 2 N–H and O–H groups in total. The van der Waals surface area contributed by atoms with Gasteiger partial charge in [0, 0.05) is 18.3 Å². The zero-order chi connectivity index (χ0) is 22.4. The first kappa shape index (κ1) is 20.8. The lowest BCUT2D eigenvalue weighted by molar-refractivity contribution is 0.0446. The number of fused-ring (bicyclic) bond motifs is 1. The monoisotopic (exact) mass is 446 g/mol. The first-order valence-electron chi connectivity index (χ1n) is 10.9. The van der Waals surface area contributed by atoms with Crippen LogP contribution in [0.25, 0.3) is 21.3 Å². The lowest BCUT2D eigenvalue weighted by Gasteiger charge is -2.32. The molecule has 0 aliphatic heterocycles. The van der Waals surface area contributed by atoms with Gasteiger partial charge in [-0.1, -0.05) is 24.3 Å². The van der Waals surface area contributed by atoms with E-state index in [1.165, 1.54) is 11.1 Å². The quantitative estimate of drug-likeness (QED) is 0.482. The Kier molecular flexibility index (Phi) is 5.31. The minimum absolute atomic E-state index is 0.169. The van der Waals surface area contributed by atoms with Crippen molar-refractivity contribution in [2.45, 2.75) is 45.3 Å². The Morgan fingerprint density at radius 3 is 2.62 bits per heavy atom. The maximum absolute atomic E-state index is 12.7. The first-order valence-corrected chi connectivity index (χ1v) is 11.7. The summed E-state index contributed by atoms with van der Waals surface area (Å²) in [5, 5.41) is 19.2. The fraction of sp³-hybridized carbons (Fsp3) is 0.320. The van der Waals surface area contributed by atoms with Gasteiger partial charge in [-0.3, -0.25) is 9.48 Å². The van der Waals surface area contributed by atoms with Crippen LogP contribution in [0.3, 0.4) is 0 Å². The van der Waals surface area contributed by atoms with Gasteiger partial charge in [-0.25, -0.2) is 4.98 Å². The van der Waals surface area contributed by atoms with Crippen LogP contribution in [0.15, 0.2) is 41.8 Å². The normalized spacial score (nSPS) is 18.0. The molecule has 1 saturated carbocycles. The summed E-state index contributed by atoms with van der Waals surface area (Å²) in [4.78, 5) is 17.3. The lowest BCUT2D eigenvalue weighted by Crippen LogP contribution is -2.50. The number of carbonyl (C=O) groups excluding carboxylic acids is 1. The number of rotatable bonds is 5. The van der Waals surface area contributed by atoms with Crippen LogP contribution in [0, 0.1) is 13.8 Å². The third-order valence-electron chi connectivity index (χ3n) is 6.42. The zero-order valence-corrected chi connectivity index (χ0v) is 19.2. The van der Waals surface area contributed by atoms with Crippen LogP contribution in [0.4, 0.5) is 0 Å². The Bertz CT molecular complexity index is 1310. The fourth-order valence-electron chi connectivity index (χ4n) is 4.36. The van der Waals surface area contributed by atoms with Crippen molar-refractivity contribution >= 4 is 27.5 Å². The van der Waals surface area contributed by atoms with Crippen LogP contribution in [0.2, 0.25) is 0 Å². The van der Waals surface area contributed by atoms with Crippen molar-refractivity contribution in [3.63, 3.8) is 0 Å². The highest BCUT2D eigenvalue weighted by atomic mass is 32.1. The maximum Gasteiger partial charge on any atom is 0.270 e. The van der Waals surface area contributed by atoms with Crippen LogP contribution in [0.1, 0.15) is 45.8 Å². The van der Waals surface area contributed by atoms with Crippen molar-refractivity contribution in [1.29, 1.82) is 0 Å². The number of carbonyl (C=O) groups is 1. The number of nitrogens with one attached hydrogen (secondary N) is 1. The second-order valence-corrected chi connectivity index (χ2v) is 9.49. The molecule has 6 nitrogen and oxygen atoms in total. The number of hydrogen-bond acceptors (Lipinski definition) is 5. The van der Waals surface area contributed by atoms with Crippen molar-refractivity contribution in [3.05, 3.63) is 70.0 Å². The summed E-state index contributed by atoms with van der Waals surface area (Å²) in [5.74, 6) is -0.221. The van der Waals surface area contributed by atoms with Crippen LogP contribution in [0.5, 0.6) is 0 Å². The summed E-state index contributed by atoms with van der Waals surface area (Å²) in [5.41, 5.74) is 8.03. The first-order chi connectivity index (χ1) is 15.4. The number of benzene rings is 1. The zero-order valence-electron chi connectivity index (χ0n) is 18.4. The van der Waals surface area contributed by atoms with Gasteiger partial charge in [-0.15, -0.1) is 11.3 Å². The minimum Gasteiger partial charge on any atom is -0.391 e. The van der Waals surface area contributed by atoms with E-state index >= 15 is 0 Å². The van der Waals surface area contributed by atoms with Gasteiger partial charge < -0.3 is 10.4 Å². The van der Waals surface area contributed by atoms with Crippen molar-refractivity contribution in [1.82, 2.24) is 20.1 Å². The van der Waals surface area contributed by atoms with Gasteiger partial charge in [0.25, 0.3) is 5.91 Å². The summed E-state index contributed by atoms with van der Waals surface area (Å²) < 4.78 is 3.02. The third-order valence-corrected chi connectivity index (χ3v) is 7.40. The van der Waals surface area contributed by atoms with Crippen LogP contribution < -0.4 is 5.32 Å². The van der Waals surface area contributed by atoms with Crippen LogP contribution in [-0.2, 0) is 13.5 Å². The van der Waals surface area contributed by atoms with Gasteiger partial charge >= 0.3 is 0 Å². The molecule has 3 aromatic heterocycles. The molecule has 1 aliphatic carbocycles. The van der Waals surface area contributed by atoms with E-state index in [9.17, 15) is 9.90 Å². The van der Waals surface area contributed by atoms with Gasteiger partial charge in [0.05, 0.1) is 28.1 Å². The molecule has 4 aromatic rings. The average Bonchev–Trinajstić information content (AvgIpc) is 3.35. The van der Waals surface area contributed by atoms with Gasteiger partial charge in [0.15, 0.2) is 0 Å². The minimum atomic E-state index is -0.450. The van der Waals surface area contributed by atoms with Crippen molar-refractivity contribution < 1.29 is 9.90 Å². The molecule has 3 heterocycles. The van der Waals surface area contributed by atoms with E-state index < -0.39 is 6.10 Å². The molecule has 1 aliphatic rings. The molecule has 7 heteroatoms. The maximum atomic E-state index is 12.7. The van der Waals surface area contributed by atoms with Gasteiger partial charge in [-0.05, 0) is 67.3 Å². The standard InChI is InChI=1S/C25H26N4O2S/c1-14-23(15(2)29(3)28-14)17-6-4-16(5-7-17)12-18-13-21(26-20-10-11-32-24(18)20)25(31)27-19-8-9-22(19)30/h4-7,10-11,13,19,22,30H,8-9,12H2,1-3H3,(H,27,31)/t19-,22-/m1/s1. The summed E-state index contributed by atoms with van der Waals surface area (Å²) in [6, 6.07) is 12.3. The Balaban J connectivity index is 1.42. The molecule has 32 heavy (non-hydrogen) atoms. The van der Waals surface area contributed by atoms with Crippen LogP contribution in [-0.4, -0.2) is 37.9 Å². The second-order valence-electron chi connectivity index (χ2n) is 8.57. The largest absolute Gasteiger partial charge is 0.391 e. The van der Waals surface area contributed by atoms with Gasteiger partial charge in [-0.2, -0.15) is 5.10 Å². The van der Waals surface area contributed by atoms with E-state index in [-0.39, 0.29) is 11.9 Å². The highest BCUT2D eigenvalue weighted by molar-refractivity contribution is 7.17.